The van der Waals surface area contributed by atoms with Gasteiger partial charge in [-0.3, -0.25) is 4.79 Å². The Balaban J connectivity index is 0.00000261. The first-order valence-electron chi connectivity index (χ1n) is 8.79. The number of halogens is 1. The second-order valence-electron chi connectivity index (χ2n) is 6.34. The summed E-state index contributed by atoms with van der Waals surface area (Å²) in [5, 5.41) is 0. The SMILES string of the molecule is Cl.N[C@@H](Cc1ccccc1Cc1ccccc1)C(=O)OCc1ccccc1. The van der Waals surface area contributed by atoms with Gasteiger partial charge in [0.1, 0.15) is 12.6 Å². The van der Waals surface area contributed by atoms with Gasteiger partial charge in [-0.25, -0.2) is 0 Å². The van der Waals surface area contributed by atoms with Crippen molar-refractivity contribution in [2.75, 3.05) is 0 Å². The van der Waals surface area contributed by atoms with Crippen LogP contribution >= 0.6 is 12.4 Å². The Morgan fingerprint density at radius 3 is 1.93 bits per heavy atom. The lowest BCUT2D eigenvalue weighted by atomic mass is 9.95. The van der Waals surface area contributed by atoms with E-state index in [9.17, 15) is 4.79 Å². The van der Waals surface area contributed by atoms with Crippen molar-refractivity contribution < 1.29 is 9.53 Å². The minimum Gasteiger partial charge on any atom is -0.460 e. The van der Waals surface area contributed by atoms with E-state index in [4.69, 9.17) is 10.5 Å². The molecule has 0 radical (unpaired) electrons. The average Bonchev–Trinajstić information content (AvgIpc) is 2.69. The van der Waals surface area contributed by atoms with Crippen molar-refractivity contribution in [3.05, 3.63) is 107 Å². The van der Waals surface area contributed by atoms with Crippen molar-refractivity contribution in [3.63, 3.8) is 0 Å². The summed E-state index contributed by atoms with van der Waals surface area (Å²) in [6.07, 6.45) is 1.29. The minimum absolute atomic E-state index is 0. The first-order chi connectivity index (χ1) is 12.7. The van der Waals surface area contributed by atoms with Crippen LogP contribution in [0.5, 0.6) is 0 Å². The van der Waals surface area contributed by atoms with Crippen LogP contribution in [0.1, 0.15) is 22.3 Å². The van der Waals surface area contributed by atoms with Crippen LogP contribution in [0.25, 0.3) is 0 Å². The van der Waals surface area contributed by atoms with Crippen LogP contribution in [0.3, 0.4) is 0 Å². The van der Waals surface area contributed by atoms with Crippen molar-refractivity contribution in [1.82, 2.24) is 0 Å². The van der Waals surface area contributed by atoms with Crippen LogP contribution in [0.15, 0.2) is 84.9 Å². The summed E-state index contributed by atoms with van der Waals surface area (Å²) in [5.74, 6) is -0.372. The molecule has 2 N–H and O–H groups in total. The highest BCUT2D eigenvalue weighted by Gasteiger charge is 2.17. The van der Waals surface area contributed by atoms with E-state index < -0.39 is 6.04 Å². The summed E-state index contributed by atoms with van der Waals surface area (Å²) >= 11 is 0. The van der Waals surface area contributed by atoms with Gasteiger partial charge in [-0.1, -0.05) is 84.9 Å². The van der Waals surface area contributed by atoms with Gasteiger partial charge in [-0.05, 0) is 35.1 Å². The molecule has 0 spiro atoms. The highest BCUT2D eigenvalue weighted by Crippen LogP contribution is 2.16. The van der Waals surface area contributed by atoms with Crippen LogP contribution in [-0.4, -0.2) is 12.0 Å². The molecule has 0 amide bonds. The summed E-state index contributed by atoms with van der Waals surface area (Å²) < 4.78 is 5.36. The van der Waals surface area contributed by atoms with Gasteiger partial charge < -0.3 is 10.5 Å². The van der Waals surface area contributed by atoms with Crippen LogP contribution in [-0.2, 0) is 29.0 Å². The van der Waals surface area contributed by atoms with E-state index >= 15 is 0 Å². The summed E-state index contributed by atoms with van der Waals surface area (Å²) in [7, 11) is 0. The predicted octanol–water partition coefficient (Wildman–Crippen LogP) is 4.31. The van der Waals surface area contributed by atoms with Gasteiger partial charge in [0.05, 0.1) is 0 Å². The molecule has 140 valence electrons. The van der Waals surface area contributed by atoms with E-state index in [2.05, 4.69) is 18.2 Å². The number of nitrogens with two attached hydrogens (primary N) is 1. The number of hydrogen-bond acceptors (Lipinski definition) is 3. The maximum atomic E-state index is 12.2. The number of hydrogen-bond donors (Lipinski definition) is 1. The number of benzene rings is 3. The topological polar surface area (TPSA) is 52.3 Å². The lowest BCUT2D eigenvalue weighted by Crippen LogP contribution is -2.34. The first kappa shape index (κ1) is 20.7. The van der Waals surface area contributed by atoms with E-state index in [0.29, 0.717) is 6.42 Å². The highest BCUT2D eigenvalue weighted by molar-refractivity contribution is 5.85. The van der Waals surface area contributed by atoms with Gasteiger partial charge in [0.15, 0.2) is 0 Å². The van der Waals surface area contributed by atoms with Crippen LogP contribution in [0.4, 0.5) is 0 Å². The van der Waals surface area contributed by atoms with E-state index in [-0.39, 0.29) is 25.0 Å². The van der Waals surface area contributed by atoms with Crippen LogP contribution in [0.2, 0.25) is 0 Å². The molecule has 0 fully saturated rings. The molecule has 0 aromatic heterocycles. The lowest BCUT2D eigenvalue weighted by Gasteiger charge is -2.15. The lowest BCUT2D eigenvalue weighted by molar-refractivity contribution is -0.146. The highest BCUT2D eigenvalue weighted by atomic mass is 35.5. The smallest absolute Gasteiger partial charge is 0.323 e. The van der Waals surface area contributed by atoms with Gasteiger partial charge in [-0.2, -0.15) is 0 Å². The fourth-order valence-electron chi connectivity index (χ4n) is 2.90. The Labute approximate surface area is 166 Å². The molecule has 0 unspecified atom stereocenters. The van der Waals surface area contributed by atoms with Crippen molar-refractivity contribution >= 4 is 18.4 Å². The van der Waals surface area contributed by atoms with Crippen molar-refractivity contribution in [3.8, 4) is 0 Å². The molecule has 0 bridgehead atoms. The molecular weight excluding hydrogens is 358 g/mol. The largest absolute Gasteiger partial charge is 0.460 e. The molecule has 27 heavy (non-hydrogen) atoms. The summed E-state index contributed by atoms with van der Waals surface area (Å²) in [4.78, 5) is 12.2. The molecule has 0 saturated heterocycles. The fourth-order valence-corrected chi connectivity index (χ4v) is 2.90. The van der Waals surface area contributed by atoms with E-state index in [1.165, 1.54) is 11.1 Å². The number of ether oxygens (including phenoxy) is 1. The first-order valence-corrected chi connectivity index (χ1v) is 8.79. The number of esters is 1. The van der Waals surface area contributed by atoms with E-state index in [1.54, 1.807) is 0 Å². The molecule has 0 heterocycles. The number of rotatable bonds is 7. The van der Waals surface area contributed by atoms with Gasteiger partial charge in [0.25, 0.3) is 0 Å². The number of carbonyl (C=O) groups is 1. The molecule has 0 aliphatic heterocycles. The molecule has 3 nitrogen and oxygen atoms in total. The molecule has 3 rings (SSSR count). The van der Waals surface area contributed by atoms with Crippen molar-refractivity contribution in [1.29, 1.82) is 0 Å². The Kier molecular flexibility index (Phi) is 8.05. The molecule has 0 saturated carbocycles. The molecular formula is C23H24ClNO2. The van der Waals surface area contributed by atoms with Crippen LogP contribution < -0.4 is 5.73 Å². The van der Waals surface area contributed by atoms with Gasteiger partial charge in [0.2, 0.25) is 0 Å². The zero-order chi connectivity index (χ0) is 18.2. The molecule has 3 aromatic rings. The Bertz CT molecular complexity index is 837. The third-order valence-electron chi connectivity index (χ3n) is 4.32. The fraction of sp³-hybridized carbons (Fsp3) is 0.174. The molecule has 1 atom stereocenters. The quantitative estimate of drug-likeness (QED) is 0.620. The molecule has 4 heteroatoms. The summed E-state index contributed by atoms with van der Waals surface area (Å²) in [5.41, 5.74) is 10.6. The zero-order valence-electron chi connectivity index (χ0n) is 15.1. The maximum absolute atomic E-state index is 12.2. The van der Waals surface area contributed by atoms with Gasteiger partial charge in [0, 0.05) is 0 Å². The second kappa shape index (κ2) is 10.5. The molecule has 0 aliphatic carbocycles. The minimum atomic E-state index is -0.671. The predicted molar refractivity (Wildman–Crippen MR) is 111 cm³/mol. The zero-order valence-corrected chi connectivity index (χ0v) is 15.9. The molecule has 3 aromatic carbocycles. The maximum Gasteiger partial charge on any atom is 0.323 e. The average molecular weight is 382 g/mol. The Hall–Kier alpha value is -2.62. The van der Waals surface area contributed by atoms with E-state index in [1.807, 2.05) is 66.7 Å². The van der Waals surface area contributed by atoms with Crippen LogP contribution in [0, 0.1) is 0 Å². The summed E-state index contributed by atoms with van der Waals surface area (Å²) in [6, 6.07) is 27.3. The second-order valence-corrected chi connectivity index (χ2v) is 6.34. The Morgan fingerprint density at radius 1 is 0.778 bits per heavy atom. The standard InChI is InChI=1S/C23H23NO2.ClH/c24-22(23(25)26-17-19-11-5-2-6-12-19)16-21-14-8-7-13-20(21)15-18-9-3-1-4-10-18;/h1-14,22H,15-17,24H2;1H/t22-;/m0./s1. The monoisotopic (exact) mass is 381 g/mol. The normalized spacial score (nSPS) is 11.3. The Morgan fingerprint density at radius 2 is 1.30 bits per heavy atom. The number of carbonyl (C=O) groups excluding carboxylic acids is 1. The third-order valence-corrected chi connectivity index (χ3v) is 4.32. The summed E-state index contributed by atoms with van der Waals surface area (Å²) in [6.45, 7) is 0.249. The van der Waals surface area contributed by atoms with Crippen molar-refractivity contribution in [2.24, 2.45) is 5.73 Å². The molecule has 0 aliphatic rings. The van der Waals surface area contributed by atoms with Gasteiger partial charge in [-0.15, -0.1) is 12.4 Å². The van der Waals surface area contributed by atoms with Gasteiger partial charge >= 0.3 is 5.97 Å². The van der Waals surface area contributed by atoms with Crippen molar-refractivity contribution in [2.45, 2.75) is 25.5 Å². The van der Waals surface area contributed by atoms with E-state index in [0.717, 1.165) is 17.5 Å². The third kappa shape index (κ3) is 6.24.